The maximum Gasteiger partial charge on any atom is 0.373 e. The van der Waals surface area contributed by atoms with E-state index in [1.54, 1.807) is 6.92 Å². The minimum absolute atomic E-state index is 0.0738. The van der Waals surface area contributed by atoms with Gasteiger partial charge in [-0.3, -0.25) is 0 Å². The predicted molar refractivity (Wildman–Crippen MR) is 97.4 cm³/mol. The largest absolute Gasteiger partial charge is 0.463 e. The molecule has 26 heavy (non-hydrogen) atoms. The Morgan fingerprint density at radius 2 is 1.85 bits per heavy atom. The molecule has 7 nitrogen and oxygen atoms in total. The van der Waals surface area contributed by atoms with Gasteiger partial charge in [0.1, 0.15) is 10.7 Å². The number of nitrogens with one attached hydrogen (secondary N) is 1. The van der Waals surface area contributed by atoms with Crippen LogP contribution in [0.15, 0.2) is 45.7 Å². The standard InChI is InChI=1S/C18H24N2O5S/c1-12(17(20(3)4)14-9-7-6-8-10-14)19-26(22,23)16-11-15(18(21)24-5)25-13(16)2/h6-12,17,19H,1-5H3/t12-,17-/m1/s1. The molecule has 0 aliphatic carbocycles. The second-order valence-corrected chi connectivity index (χ2v) is 7.93. The van der Waals surface area contributed by atoms with E-state index in [1.807, 2.05) is 49.3 Å². The highest BCUT2D eigenvalue weighted by Crippen LogP contribution is 2.25. The number of sulfonamides is 1. The summed E-state index contributed by atoms with van der Waals surface area (Å²) in [6.07, 6.45) is 0. The summed E-state index contributed by atoms with van der Waals surface area (Å²) in [7, 11) is 1.11. The predicted octanol–water partition coefficient (Wildman–Crippen LogP) is 2.34. The van der Waals surface area contributed by atoms with E-state index in [9.17, 15) is 13.2 Å². The number of carbonyl (C=O) groups excluding carboxylic acids is 1. The van der Waals surface area contributed by atoms with Gasteiger partial charge in [-0.05, 0) is 33.5 Å². The van der Waals surface area contributed by atoms with Gasteiger partial charge in [-0.25, -0.2) is 17.9 Å². The fraction of sp³-hybridized carbons (Fsp3) is 0.389. The van der Waals surface area contributed by atoms with Crippen molar-refractivity contribution in [3.05, 3.63) is 53.5 Å². The first-order valence-corrected chi connectivity index (χ1v) is 9.58. The van der Waals surface area contributed by atoms with Gasteiger partial charge in [0.05, 0.1) is 13.2 Å². The van der Waals surface area contributed by atoms with Crippen molar-refractivity contribution in [1.82, 2.24) is 9.62 Å². The first kappa shape index (κ1) is 20.2. The number of esters is 1. The van der Waals surface area contributed by atoms with Crippen molar-refractivity contribution in [3.63, 3.8) is 0 Å². The summed E-state index contributed by atoms with van der Waals surface area (Å²) in [5.41, 5.74) is 0.992. The third-order valence-electron chi connectivity index (χ3n) is 4.06. The number of hydrogen-bond acceptors (Lipinski definition) is 6. The SMILES string of the molecule is COC(=O)c1cc(S(=O)(=O)N[C@H](C)[C@H](c2ccccc2)N(C)C)c(C)o1. The lowest BCUT2D eigenvalue weighted by Gasteiger charge is -2.30. The van der Waals surface area contributed by atoms with E-state index in [4.69, 9.17) is 4.42 Å². The monoisotopic (exact) mass is 380 g/mol. The van der Waals surface area contributed by atoms with E-state index < -0.39 is 22.0 Å². The fourth-order valence-corrected chi connectivity index (χ4v) is 4.42. The normalized spacial score (nSPS) is 14.2. The highest BCUT2D eigenvalue weighted by atomic mass is 32.2. The van der Waals surface area contributed by atoms with Crippen LogP contribution in [0.5, 0.6) is 0 Å². The Bertz CT molecular complexity index is 859. The van der Waals surface area contributed by atoms with Gasteiger partial charge in [0.15, 0.2) is 0 Å². The maximum atomic E-state index is 12.8. The zero-order chi connectivity index (χ0) is 19.5. The van der Waals surface area contributed by atoms with Crippen LogP contribution in [0.3, 0.4) is 0 Å². The number of furan rings is 1. The molecule has 1 aromatic heterocycles. The molecule has 0 aliphatic heterocycles. The second-order valence-electron chi connectivity index (χ2n) is 6.25. The molecule has 0 radical (unpaired) electrons. The molecule has 2 rings (SSSR count). The molecular formula is C18H24N2O5S. The maximum absolute atomic E-state index is 12.8. The molecule has 0 spiro atoms. The molecule has 0 saturated carbocycles. The number of methoxy groups -OCH3 is 1. The minimum Gasteiger partial charge on any atom is -0.463 e. The van der Waals surface area contributed by atoms with Crippen LogP contribution in [0.4, 0.5) is 0 Å². The summed E-state index contributed by atoms with van der Waals surface area (Å²) in [6, 6.07) is 10.2. The Hall–Kier alpha value is -2.16. The van der Waals surface area contributed by atoms with Crippen molar-refractivity contribution in [2.24, 2.45) is 0 Å². The number of nitrogens with zero attached hydrogens (tertiary/aromatic N) is 1. The number of hydrogen-bond donors (Lipinski definition) is 1. The molecular weight excluding hydrogens is 356 g/mol. The summed E-state index contributed by atoms with van der Waals surface area (Å²) in [5.74, 6) is -0.741. The highest BCUT2D eigenvalue weighted by molar-refractivity contribution is 7.89. The minimum atomic E-state index is -3.88. The van der Waals surface area contributed by atoms with E-state index >= 15 is 0 Å². The first-order valence-electron chi connectivity index (χ1n) is 8.10. The van der Waals surface area contributed by atoms with Gasteiger partial charge in [-0.15, -0.1) is 0 Å². The fourth-order valence-electron chi connectivity index (χ4n) is 2.99. The number of benzene rings is 1. The van der Waals surface area contributed by atoms with Crippen LogP contribution < -0.4 is 4.72 Å². The molecule has 1 heterocycles. The van der Waals surface area contributed by atoms with Gasteiger partial charge < -0.3 is 14.1 Å². The summed E-state index contributed by atoms with van der Waals surface area (Å²) >= 11 is 0. The number of likely N-dealkylation sites (N-methyl/N-ethyl adjacent to an activating group) is 1. The van der Waals surface area contributed by atoms with E-state index in [-0.39, 0.29) is 22.5 Å². The average molecular weight is 380 g/mol. The molecule has 0 fully saturated rings. The van der Waals surface area contributed by atoms with Crippen LogP contribution in [-0.2, 0) is 14.8 Å². The van der Waals surface area contributed by atoms with Gasteiger partial charge >= 0.3 is 5.97 Å². The van der Waals surface area contributed by atoms with E-state index in [2.05, 4.69) is 9.46 Å². The van der Waals surface area contributed by atoms with Gasteiger partial charge in [0.2, 0.25) is 15.8 Å². The molecule has 8 heteroatoms. The summed E-state index contributed by atoms with van der Waals surface area (Å²) in [6.45, 7) is 3.29. The Balaban J connectivity index is 2.30. The van der Waals surface area contributed by atoms with Crippen LogP contribution in [0.1, 0.15) is 34.8 Å². The summed E-state index contributed by atoms with van der Waals surface area (Å²) in [5, 5.41) is 0. The van der Waals surface area contributed by atoms with Crippen molar-refractivity contribution < 1.29 is 22.4 Å². The lowest BCUT2D eigenvalue weighted by Crippen LogP contribution is -2.42. The molecule has 1 aromatic carbocycles. The second kappa shape index (κ2) is 8.03. The molecule has 142 valence electrons. The average Bonchev–Trinajstić information content (AvgIpc) is 2.97. The third kappa shape index (κ3) is 4.32. The van der Waals surface area contributed by atoms with Gasteiger partial charge in [-0.1, -0.05) is 30.3 Å². The van der Waals surface area contributed by atoms with Gasteiger partial charge in [0.25, 0.3) is 0 Å². The van der Waals surface area contributed by atoms with Crippen molar-refractivity contribution in [2.45, 2.75) is 30.8 Å². The highest BCUT2D eigenvalue weighted by Gasteiger charge is 2.30. The zero-order valence-corrected chi connectivity index (χ0v) is 16.3. The molecule has 0 aliphatic rings. The van der Waals surface area contributed by atoms with Crippen molar-refractivity contribution in [1.29, 1.82) is 0 Å². The lowest BCUT2D eigenvalue weighted by molar-refractivity contribution is 0.0563. The lowest BCUT2D eigenvalue weighted by atomic mass is 10.0. The molecule has 0 saturated heterocycles. The van der Waals surface area contributed by atoms with E-state index in [0.717, 1.165) is 5.56 Å². The number of aryl methyl sites for hydroxylation is 1. The van der Waals surface area contributed by atoms with Crippen LogP contribution >= 0.6 is 0 Å². The Morgan fingerprint density at radius 3 is 2.38 bits per heavy atom. The number of carbonyl (C=O) groups is 1. The molecule has 1 N–H and O–H groups in total. The van der Waals surface area contributed by atoms with E-state index in [0.29, 0.717) is 0 Å². The summed E-state index contributed by atoms with van der Waals surface area (Å²) < 4.78 is 38.1. The van der Waals surface area contributed by atoms with Crippen molar-refractivity contribution in [2.75, 3.05) is 21.2 Å². The van der Waals surface area contributed by atoms with Crippen LogP contribution in [-0.4, -0.2) is 46.5 Å². The molecule has 2 atom stereocenters. The van der Waals surface area contributed by atoms with E-state index in [1.165, 1.54) is 20.1 Å². The third-order valence-corrected chi connectivity index (χ3v) is 5.73. The zero-order valence-electron chi connectivity index (χ0n) is 15.5. The Kier molecular flexibility index (Phi) is 6.22. The Morgan fingerprint density at radius 1 is 1.23 bits per heavy atom. The first-order chi connectivity index (χ1) is 12.2. The van der Waals surface area contributed by atoms with Gasteiger partial charge in [0, 0.05) is 12.1 Å². The molecule has 2 aromatic rings. The smallest absolute Gasteiger partial charge is 0.373 e. The molecule has 0 unspecified atom stereocenters. The number of rotatable bonds is 7. The topological polar surface area (TPSA) is 88.8 Å². The van der Waals surface area contributed by atoms with Crippen LogP contribution in [0, 0.1) is 6.92 Å². The number of ether oxygens (including phenoxy) is 1. The van der Waals surface area contributed by atoms with Crippen molar-refractivity contribution >= 4 is 16.0 Å². The van der Waals surface area contributed by atoms with Crippen LogP contribution in [0.2, 0.25) is 0 Å². The molecule has 0 amide bonds. The van der Waals surface area contributed by atoms with Crippen LogP contribution in [0.25, 0.3) is 0 Å². The summed E-state index contributed by atoms with van der Waals surface area (Å²) in [4.78, 5) is 13.4. The Labute approximate surface area is 154 Å². The van der Waals surface area contributed by atoms with Crippen molar-refractivity contribution in [3.8, 4) is 0 Å². The molecule has 0 bridgehead atoms. The van der Waals surface area contributed by atoms with Gasteiger partial charge in [-0.2, -0.15) is 0 Å². The quantitative estimate of drug-likeness (QED) is 0.742.